The van der Waals surface area contributed by atoms with Gasteiger partial charge >= 0.3 is 6.03 Å². The second-order valence-corrected chi connectivity index (χ2v) is 9.39. The number of nitrogens with one attached hydrogen (secondary N) is 3. The summed E-state index contributed by atoms with van der Waals surface area (Å²) in [5, 5.41) is 13.1. The highest BCUT2D eigenvalue weighted by atomic mass is 35.5. The van der Waals surface area contributed by atoms with Gasteiger partial charge in [-0.15, -0.1) is 0 Å². The van der Waals surface area contributed by atoms with Crippen LogP contribution >= 0.6 is 22.9 Å². The van der Waals surface area contributed by atoms with Crippen molar-refractivity contribution in [2.24, 2.45) is 7.05 Å². The number of hydrogen-bond donors (Lipinski definition) is 3. The van der Waals surface area contributed by atoms with Crippen LogP contribution in [-0.2, 0) is 20.0 Å². The maximum absolute atomic E-state index is 12.6. The molecule has 0 spiro atoms. The minimum atomic E-state index is -0.497. The van der Waals surface area contributed by atoms with Crippen LogP contribution in [0.2, 0.25) is 5.28 Å². The van der Waals surface area contributed by atoms with E-state index < -0.39 is 6.03 Å². The molecule has 0 atom stereocenters. The van der Waals surface area contributed by atoms with Gasteiger partial charge in [0.1, 0.15) is 5.82 Å². The van der Waals surface area contributed by atoms with E-state index >= 15 is 0 Å². The number of carbonyl (C=O) groups is 2. The summed E-state index contributed by atoms with van der Waals surface area (Å²) in [4.78, 5) is 41.1. The molecule has 0 bridgehead atoms. The Labute approximate surface area is 199 Å². The van der Waals surface area contributed by atoms with Crippen molar-refractivity contribution in [1.82, 2.24) is 30.0 Å². The zero-order valence-corrected chi connectivity index (χ0v) is 20.2. The number of thiazole rings is 1. The van der Waals surface area contributed by atoms with Crippen LogP contribution in [0.5, 0.6) is 0 Å². The standard InChI is InChI=1S/C20H24ClN9O2S/c1-10(2)22-17(31)16-13(8-29(4)28-16)24-19(32)27-20-25-12-5-6-30(9-14(12)33-20)15-7-11(3)23-18(21)26-15/h7-8,10H,5-6,9H2,1-4H3,(H,22,31)(H2,24,25,27,32). The molecular formula is C20H24ClN9O2S. The first-order valence-electron chi connectivity index (χ1n) is 10.3. The van der Waals surface area contributed by atoms with Gasteiger partial charge in [0.15, 0.2) is 10.8 Å². The molecule has 174 valence electrons. The molecule has 0 radical (unpaired) electrons. The number of halogens is 1. The monoisotopic (exact) mass is 489 g/mol. The Kier molecular flexibility index (Phi) is 6.47. The highest BCUT2D eigenvalue weighted by molar-refractivity contribution is 7.15. The van der Waals surface area contributed by atoms with Crippen LogP contribution in [0, 0.1) is 6.92 Å². The van der Waals surface area contributed by atoms with Crippen molar-refractivity contribution in [2.45, 2.75) is 39.8 Å². The molecule has 0 aromatic carbocycles. The Morgan fingerprint density at radius 3 is 2.73 bits per heavy atom. The molecule has 4 heterocycles. The SMILES string of the molecule is Cc1cc(N2CCc3nc(NC(=O)Nc4cn(C)nc4C(=O)NC(C)C)sc3C2)nc(Cl)n1. The van der Waals surface area contributed by atoms with Gasteiger partial charge in [-0.2, -0.15) is 5.10 Å². The molecule has 3 amide bonds. The number of hydrogen-bond acceptors (Lipinski definition) is 8. The summed E-state index contributed by atoms with van der Waals surface area (Å²) < 4.78 is 1.47. The molecule has 11 nitrogen and oxygen atoms in total. The number of rotatable bonds is 5. The molecule has 33 heavy (non-hydrogen) atoms. The maximum atomic E-state index is 12.6. The highest BCUT2D eigenvalue weighted by Crippen LogP contribution is 2.30. The lowest BCUT2D eigenvalue weighted by Crippen LogP contribution is -2.31. The first kappa shape index (κ1) is 22.9. The van der Waals surface area contributed by atoms with Gasteiger partial charge in [0, 0.05) is 48.9 Å². The minimum absolute atomic E-state index is 0.0512. The van der Waals surface area contributed by atoms with Crippen molar-refractivity contribution < 1.29 is 9.59 Å². The van der Waals surface area contributed by atoms with E-state index in [1.165, 1.54) is 16.0 Å². The number of anilines is 3. The van der Waals surface area contributed by atoms with Gasteiger partial charge in [-0.1, -0.05) is 11.3 Å². The van der Waals surface area contributed by atoms with E-state index in [1.54, 1.807) is 13.2 Å². The molecule has 3 aromatic heterocycles. The Morgan fingerprint density at radius 2 is 2.00 bits per heavy atom. The zero-order chi connectivity index (χ0) is 23.7. The smallest absolute Gasteiger partial charge is 0.325 e. The molecule has 0 saturated carbocycles. The first-order chi connectivity index (χ1) is 15.7. The van der Waals surface area contributed by atoms with Crippen molar-refractivity contribution in [2.75, 3.05) is 22.1 Å². The molecule has 3 aromatic rings. The van der Waals surface area contributed by atoms with Crippen molar-refractivity contribution in [3.8, 4) is 0 Å². The number of carbonyl (C=O) groups excluding carboxylic acids is 2. The largest absolute Gasteiger partial charge is 0.351 e. The lowest BCUT2D eigenvalue weighted by molar-refractivity contribution is 0.0938. The second kappa shape index (κ2) is 9.32. The van der Waals surface area contributed by atoms with E-state index in [0.29, 0.717) is 17.4 Å². The van der Waals surface area contributed by atoms with Crippen molar-refractivity contribution >= 4 is 51.5 Å². The number of fused-ring (bicyclic) bond motifs is 1. The average Bonchev–Trinajstić information content (AvgIpc) is 3.28. The quantitative estimate of drug-likeness (QED) is 0.469. The number of urea groups is 1. The van der Waals surface area contributed by atoms with Gasteiger partial charge in [0.05, 0.1) is 17.9 Å². The van der Waals surface area contributed by atoms with E-state index in [0.717, 1.165) is 35.0 Å². The van der Waals surface area contributed by atoms with Crippen LogP contribution in [0.3, 0.4) is 0 Å². The summed E-state index contributed by atoms with van der Waals surface area (Å²) in [5.41, 5.74) is 2.21. The van der Waals surface area contributed by atoms with E-state index in [1.807, 2.05) is 26.8 Å². The lowest BCUT2D eigenvalue weighted by Gasteiger charge is -2.27. The number of aryl methyl sites for hydroxylation is 2. The zero-order valence-electron chi connectivity index (χ0n) is 18.6. The molecule has 1 aliphatic rings. The third-order valence-electron chi connectivity index (χ3n) is 4.80. The molecule has 4 rings (SSSR count). The fourth-order valence-electron chi connectivity index (χ4n) is 3.45. The minimum Gasteiger partial charge on any atom is -0.351 e. The topological polar surface area (TPSA) is 130 Å². The first-order valence-corrected chi connectivity index (χ1v) is 11.5. The molecule has 1 aliphatic heterocycles. The average molecular weight is 490 g/mol. The third-order valence-corrected chi connectivity index (χ3v) is 5.97. The Balaban J connectivity index is 1.43. The summed E-state index contributed by atoms with van der Waals surface area (Å²) in [5.74, 6) is 0.411. The number of nitrogens with zero attached hydrogens (tertiary/aromatic N) is 6. The van der Waals surface area contributed by atoms with Gasteiger partial charge in [-0.05, 0) is 32.4 Å². The van der Waals surface area contributed by atoms with Crippen LogP contribution in [-0.4, -0.2) is 49.3 Å². The van der Waals surface area contributed by atoms with Crippen molar-refractivity contribution in [3.63, 3.8) is 0 Å². The van der Waals surface area contributed by atoms with Gasteiger partial charge in [-0.25, -0.2) is 19.7 Å². The molecule has 0 unspecified atom stereocenters. The summed E-state index contributed by atoms with van der Waals surface area (Å²) in [6.45, 7) is 6.93. The lowest BCUT2D eigenvalue weighted by atomic mass is 10.2. The number of amides is 3. The Morgan fingerprint density at radius 1 is 1.21 bits per heavy atom. The Bertz CT molecular complexity index is 1190. The van der Waals surface area contributed by atoms with Gasteiger partial charge in [0.2, 0.25) is 5.28 Å². The molecule has 0 fully saturated rings. The van der Waals surface area contributed by atoms with Crippen LogP contribution < -0.4 is 20.9 Å². The van der Waals surface area contributed by atoms with E-state index in [-0.39, 0.29) is 22.9 Å². The maximum Gasteiger partial charge on any atom is 0.325 e. The van der Waals surface area contributed by atoms with Crippen LogP contribution in [0.15, 0.2) is 12.3 Å². The van der Waals surface area contributed by atoms with E-state index in [9.17, 15) is 9.59 Å². The third kappa shape index (κ3) is 5.40. The van der Waals surface area contributed by atoms with Gasteiger partial charge in [0.25, 0.3) is 5.91 Å². The molecule has 13 heteroatoms. The summed E-state index contributed by atoms with van der Waals surface area (Å²) >= 11 is 7.41. The van der Waals surface area contributed by atoms with Crippen LogP contribution in [0.1, 0.15) is 40.6 Å². The van der Waals surface area contributed by atoms with Gasteiger partial charge in [-0.3, -0.25) is 14.8 Å². The second-order valence-electron chi connectivity index (χ2n) is 7.97. The molecule has 0 aliphatic carbocycles. The highest BCUT2D eigenvalue weighted by Gasteiger charge is 2.24. The molecule has 3 N–H and O–H groups in total. The number of aromatic nitrogens is 5. The Hall–Kier alpha value is -3.25. The van der Waals surface area contributed by atoms with E-state index in [2.05, 4.69) is 40.9 Å². The van der Waals surface area contributed by atoms with E-state index in [4.69, 9.17) is 11.6 Å². The molecular weight excluding hydrogens is 466 g/mol. The fourth-order valence-corrected chi connectivity index (χ4v) is 4.69. The van der Waals surface area contributed by atoms with Gasteiger partial charge < -0.3 is 15.5 Å². The summed E-state index contributed by atoms with van der Waals surface area (Å²) in [7, 11) is 1.68. The molecule has 0 saturated heterocycles. The van der Waals surface area contributed by atoms with Crippen LogP contribution in [0.4, 0.5) is 21.4 Å². The van der Waals surface area contributed by atoms with Crippen molar-refractivity contribution in [1.29, 1.82) is 0 Å². The fraction of sp³-hybridized carbons (Fsp3) is 0.400. The summed E-state index contributed by atoms with van der Waals surface area (Å²) in [6, 6.07) is 1.35. The van der Waals surface area contributed by atoms with Crippen molar-refractivity contribution in [3.05, 3.63) is 39.5 Å². The predicted molar refractivity (Wildman–Crippen MR) is 127 cm³/mol. The predicted octanol–water partition coefficient (Wildman–Crippen LogP) is 2.97. The van der Waals surface area contributed by atoms with Crippen LogP contribution in [0.25, 0.3) is 0 Å². The summed E-state index contributed by atoms with van der Waals surface area (Å²) in [6.07, 6.45) is 2.30. The normalized spacial score (nSPS) is 13.1.